The summed E-state index contributed by atoms with van der Waals surface area (Å²) in [6.07, 6.45) is 0. The van der Waals surface area contributed by atoms with Crippen LogP contribution in [0.15, 0.2) is 41.3 Å². The lowest BCUT2D eigenvalue weighted by Gasteiger charge is -2.34. The summed E-state index contributed by atoms with van der Waals surface area (Å²) in [7, 11) is -3.85. The summed E-state index contributed by atoms with van der Waals surface area (Å²) in [5.41, 5.74) is 0.649. The van der Waals surface area contributed by atoms with Gasteiger partial charge in [-0.05, 0) is 37.3 Å². The van der Waals surface area contributed by atoms with Crippen LogP contribution >= 0.6 is 23.2 Å². The molecule has 0 unspecified atom stereocenters. The number of nitro benzene ring substituents is 1. The van der Waals surface area contributed by atoms with Crippen molar-refractivity contribution in [3.8, 4) is 0 Å². The number of carbonyl (C=O) groups is 1. The Hall–Kier alpha value is -2.20. The predicted molar refractivity (Wildman–Crippen MR) is 109 cm³/mol. The molecule has 0 atom stereocenters. The molecule has 1 saturated heterocycles. The minimum Gasteiger partial charge on any atom is -0.336 e. The Balaban J connectivity index is 1.73. The fraction of sp³-hybridized carbons (Fsp3) is 0.278. The molecule has 0 spiro atoms. The van der Waals surface area contributed by atoms with E-state index in [1.54, 1.807) is 6.92 Å². The fourth-order valence-corrected chi connectivity index (χ4v) is 5.28. The number of nitrogens with zero attached hydrogens (tertiary/aromatic N) is 3. The van der Waals surface area contributed by atoms with Crippen LogP contribution in [0.5, 0.6) is 0 Å². The molecule has 0 saturated carbocycles. The zero-order chi connectivity index (χ0) is 21.3. The van der Waals surface area contributed by atoms with E-state index < -0.39 is 14.9 Å². The maximum absolute atomic E-state index is 12.9. The number of hydrogen-bond acceptors (Lipinski definition) is 5. The monoisotopic (exact) mass is 457 g/mol. The van der Waals surface area contributed by atoms with E-state index in [2.05, 4.69) is 0 Å². The Morgan fingerprint density at radius 3 is 2.31 bits per heavy atom. The average molecular weight is 458 g/mol. The molecule has 0 radical (unpaired) electrons. The zero-order valence-corrected chi connectivity index (χ0v) is 17.7. The van der Waals surface area contributed by atoms with Gasteiger partial charge in [-0.1, -0.05) is 23.2 Å². The summed E-state index contributed by atoms with van der Waals surface area (Å²) in [6, 6.07) is 8.40. The van der Waals surface area contributed by atoms with Gasteiger partial charge in [0, 0.05) is 48.4 Å². The molecular formula is C18H17Cl2N3O5S. The Bertz CT molecular complexity index is 1080. The van der Waals surface area contributed by atoms with Gasteiger partial charge in [0.2, 0.25) is 10.0 Å². The third-order valence-electron chi connectivity index (χ3n) is 4.68. The summed E-state index contributed by atoms with van der Waals surface area (Å²) in [6.45, 7) is 2.14. The summed E-state index contributed by atoms with van der Waals surface area (Å²) in [5, 5.41) is 11.3. The van der Waals surface area contributed by atoms with Crippen molar-refractivity contribution in [3.05, 3.63) is 67.7 Å². The molecule has 0 N–H and O–H groups in total. The molecule has 1 amide bonds. The normalized spacial score (nSPS) is 15.3. The molecular weight excluding hydrogens is 441 g/mol. The second-order valence-electron chi connectivity index (χ2n) is 6.53. The zero-order valence-electron chi connectivity index (χ0n) is 15.3. The summed E-state index contributed by atoms with van der Waals surface area (Å²) in [4.78, 5) is 24.6. The van der Waals surface area contributed by atoms with Crippen LogP contribution in [-0.4, -0.2) is 54.6 Å². The van der Waals surface area contributed by atoms with E-state index in [-0.39, 0.29) is 52.7 Å². The number of sulfonamides is 1. The Kier molecular flexibility index (Phi) is 6.13. The highest BCUT2D eigenvalue weighted by Gasteiger charge is 2.32. The molecule has 1 heterocycles. The largest absolute Gasteiger partial charge is 0.336 e. The van der Waals surface area contributed by atoms with E-state index in [1.165, 1.54) is 45.6 Å². The smallest absolute Gasteiger partial charge is 0.272 e. The maximum Gasteiger partial charge on any atom is 0.272 e. The van der Waals surface area contributed by atoms with Crippen LogP contribution in [0.2, 0.25) is 10.0 Å². The van der Waals surface area contributed by atoms with Gasteiger partial charge in [-0.15, -0.1) is 0 Å². The quantitative estimate of drug-likeness (QED) is 0.517. The van der Waals surface area contributed by atoms with Crippen LogP contribution in [0.3, 0.4) is 0 Å². The van der Waals surface area contributed by atoms with Crippen molar-refractivity contribution in [1.82, 2.24) is 9.21 Å². The fourth-order valence-electron chi connectivity index (χ4n) is 3.12. The van der Waals surface area contributed by atoms with E-state index in [4.69, 9.17) is 23.2 Å². The lowest BCUT2D eigenvalue weighted by molar-refractivity contribution is -0.385. The maximum atomic E-state index is 12.9. The number of carbonyl (C=O) groups excluding carboxylic acids is 1. The lowest BCUT2D eigenvalue weighted by Crippen LogP contribution is -2.50. The third kappa shape index (κ3) is 4.37. The van der Waals surface area contributed by atoms with Gasteiger partial charge in [-0.2, -0.15) is 4.31 Å². The second-order valence-corrected chi connectivity index (χ2v) is 9.28. The molecule has 0 aromatic heterocycles. The number of piperazine rings is 1. The van der Waals surface area contributed by atoms with Crippen LogP contribution < -0.4 is 0 Å². The number of benzene rings is 2. The van der Waals surface area contributed by atoms with E-state index in [0.29, 0.717) is 11.1 Å². The molecule has 0 aliphatic carbocycles. The van der Waals surface area contributed by atoms with E-state index in [1.807, 2.05) is 0 Å². The number of amides is 1. The van der Waals surface area contributed by atoms with Crippen LogP contribution in [-0.2, 0) is 10.0 Å². The number of aryl methyl sites for hydroxylation is 1. The Labute approximate surface area is 177 Å². The number of rotatable bonds is 4. The molecule has 3 rings (SSSR count). The summed E-state index contributed by atoms with van der Waals surface area (Å²) >= 11 is 11.9. The van der Waals surface area contributed by atoms with Gasteiger partial charge in [-0.25, -0.2) is 8.42 Å². The molecule has 1 aliphatic rings. The predicted octanol–water partition coefficient (Wildman–Crippen LogP) is 3.36. The highest BCUT2D eigenvalue weighted by molar-refractivity contribution is 7.89. The first-order chi connectivity index (χ1) is 13.6. The van der Waals surface area contributed by atoms with Crippen molar-refractivity contribution in [3.63, 3.8) is 0 Å². The van der Waals surface area contributed by atoms with Crippen molar-refractivity contribution < 1.29 is 18.1 Å². The molecule has 8 nitrogen and oxygen atoms in total. The average Bonchev–Trinajstić information content (AvgIpc) is 2.69. The first-order valence-corrected chi connectivity index (χ1v) is 10.8. The van der Waals surface area contributed by atoms with Crippen LogP contribution in [0, 0.1) is 17.0 Å². The summed E-state index contributed by atoms with van der Waals surface area (Å²) < 4.78 is 27.0. The molecule has 0 bridgehead atoms. The lowest BCUT2D eigenvalue weighted by atomic mass is 10.1. The first kappa shape index (κ1) is 21.5. The minimum absolute atomic E-state index is 0.0594. The van der Waals surface area contributed by atoms with Crippen LogP contribution in [0.25, 0.3) is 0 Å². The van der Waals surface area contributed by atoms with Crippen molar-refractivity contribution in [2.45, 2.75) is 11.8 Å². The number of nitro groups is 1. The van der Waals surface area contributed by atoms with Gasteiger partial charge in [0.15, 0.2) is 0 Å². The molecule has 2 aromatic rings. The van der Waals surface area contributed by atoms with Crippen LogP contribution in [0.4, 0.5) is 5.69 Å². The van der Waals surface area contributed by atoms with Crippen molar-refractivity contribution in [2.24, 2.45) is 0 Å². The molecule has 29 heavy (non-hydrogen) atoms. The minimum atomic E-state index is -3.85. The van der Waals surface area contributed by atoms with Gasteiger partial charge >= 0.3 is 0 Å². The number of hydrogen-bond donors (Lipinski definition) is 0. The molecule has 1 fully saturated rings. The van der Waals surface area contributed by atoms with Crippen LogP contribution in [0.1, 0.15) is 15.9 Å². The standard InChI is InChI=1S/C18H17Cl2N3O5S/c1-12-10-13(2-5-16(12)23(25)26)18(24)21-6-8-22(9-7-21)29(27,28)17-11-14(19)3-4-15(17)20/h2-5,10-11H,6-9H2,1H3. The molecule has 154 valence electrons. The van der Waals surface area contributed by atoms with Crippen molar-refractivity contribution in [1.29, 1.82) is 0 Å². The topological polar surface area (TPSA) is 101 Å². The highest BCUT2D eigenvalue weighted by atomic mass is 35.5. The Morgan fingerprint density at radius 2 is 1.72 bits per heavy atom. The Morgan fingerprint density at radius 1 is 1.07 bits per heavy atom. The van der Waals surface area contributed by atoms with E-state index >= 15 is 0 Å². The van der Waals surface area contributed by atoms with Gasteiger partial charge in [0.05, 0.1) is 9.95 Å². The van der Waals surface area contributed by atoms with Gasteiger partial charge in [0.1, 0.15) is 4.90 Å². The van der Waals surface area contributed by atoms with Gasteiger partial charge in [0.25, 0.3) is 11.6 Å². The summed E-state index contributed by atoms with van der Waals surface area (Å²) in [5.74, 6) is -0.305. The van der Waals surface area contributed by atoms with Crippen molar-refractivity contribution >= 4 is 44.8 Å². The first-order valence-electron chi connectivity index (χ1n) is 8.61. The second kappa shape index (κ2) is 8.27. The molecule has 2 aromatic carbocycles. The van der Waals surface area contributed by atoms with E-state index in [0.717, 1.165) is 0 Å². The van der Waals surface area contributed by atoms with Gasteiger partial charge < -0.3 is 4.90 Å². The molecule has 11 heteroatoms. The van der Waals surface area contributed by atoms with Crippen molar-refractivity contribution in [2.75, 3.05) is 26.2 Å². The number of halogens is 2. The molecule has 1 aliphatic heterocycles. The third-order valence-corrected chi connectivity index (χ3v) is 7.29. The van der Waals surface area contributed by atoms with E-state index in [9.17, 15) is 23.3 Å². The SMILES string of the molecule is Cc1cc(C(=O)N2CCN(S(=O)(=O)c3cc(Cl)ccc3Cl)CC2)ccc1[N+](=O)[O-]. The highest BCUT2D eigenvalue weighted by Crippen LogP contribution is 2.28. The van der Waals surface area contributed by atoms with Gasteiger partial charge in [-0.3, -0.25) is 14.9 Å².